The van der Waals surface area contributed by atoms with Gasteiger partial charge in [0.15, 0.2) is 0 Å². The molecule has 4 rings (SSSR count). The number of rotatable bonds is 6. The highest BCUT2D eigenvalue weighted by molar-refractivity contribution is 5.61. The van der Waals surface area contributed by atoms with Gasteiger partial charge < -0.3 is 5.32 Å². The van der Waals surface area contributed by atoms with Gasteiger partial charge in [0, 0.05) is 49.2 Å². The Labute approximate surface area is 154 Å². The lowest BCUT2D eigenvalue weighted by Gasteiger charge is -2.33. The van der Waals surface area contributed by atoms with Gasteiger partial charge in [0.1, 0.15) is 0 Å². The van der Waals surface area contributed by atoms with Crippen molar-refractivity contribution in [1.82, 2.24) is 25.4 Å². The molecule has 3 aromatic rings. The van der Waals surface area contributed by atoms with Crippen molar-refractivity contribution in [2.75, 3.05) is 13.1 Å². The second kappa shape index (κ2) is 8.25. The van der Waals surface area contributed by atoms with Crippen molar-refractivity contribution >= 4 is 0 Å². The van der Waals surface area contributed by atoms with Crippen LogP contribution in [0.4, 0.5) is 0 Å². The molecule has 5 heteroatoms. The van der Waals surface area contributed by atoms with Crippen molar-refractivity contribution < 1.29 is 0 Å². The maximum atomic E-state index is 4.23. The van der Waals surface area contributed by atoms with E-state index in [4.69, 9.17) is 0 Å². The molecule has 1 aliphatic heterocycles. The number of benzene rings is 1. The van der Waals surface area contributed by atoms with Crippen molar-refractivity contribution in [2.45, 2.75) is 32.0 Å². The van der Waals surface area contributed by atoms with Gasteiger partial charge in [-0.1, -0.05) is 30.3 Å². The van der Waals surface area contributed by atoms with E-state index in [1.54, 1.807) is 6.20 Å². The number of nitrogens with one attached hydrogen (secondary N) is 2. The molecule has 1 unspecified atom stereocenters. The largest absolute Gasteiger partial charge is 0.309 e. The SMILES string of the molecule is c1ccc(CN2CCCC(NCc3cn[nH]c3-c3cccnc3)C2)cc1. The van der Waals surface area contributed by atoms with E-state index >= 15 is 0 Å². The summed E-state index contributed by atoms with van der Waals surface area (Å²) in [5.74, 6) is 0. The van der Waals surface area contributed by atoms with E-state index in [1.807, 2.05) is 18.5 Å². The third-order valence-electron chi connectivity index (χ3n) is 5.00. The highest BCUT2D eigenvalue weighted by Gasteiger charge is 2.20. The van der Waals surface area contributed by atoms with E-state index in [-0.39, 0.29) is 0 Å². The summed E-state index contributed by atoms with van der Waals surface area (Å²) in [5, 5.41) is 11.1. The third kappa shape index (κ3) is 4.18. The summed E-state index contributed by atoms with van der Waals surface area (Å²) in [6, 6.07) is 15.3. The zero-order valence-corrected chi connectivity index (χ0v) is 14.9. The maximum Gasteiger partial charge on any atom is 0.0710 e. The molecule has 1 aromatic carbocycles. The average Bonchev–Trinajstić information content (AvgIpc) is 3.17. The van der Waals surface area contributed by atoms with Crippen LogP contribution in [0, 0.1) is 0 Å². The van der Waals surface area contributed by atoms with Crippen LogP contribution in [0.15, 0.2) is 61.1 Å². The predicted octanol–water partition coefficient (Wildman–Crippen LogP) is 3.23. The highest BCUT2D eigenvalue weighted by Crippen LogP contribution is 2.20. The number of hydrogen-bond acceptors (Lipinski definition) is 4. The van der Waals surface area contributed by atoms with Gasteiger partial charge in [0.2, 0.25) is 0 Å². The molecule has 1 atom stereocenters. The van der Waals surface area contributed by atoms with Gasteiger partial charge in [-0.2, -0.15) is 5.10 Å². The van der Waals surface area contributed by atoms with Crippen LogP contribution in [0.5, 0.6) is 0 Å². The van der Waals surface area contributed by atoms with Crippen LogP contribution in [0.1, 0.15) is 24.0 Å². The fourth-order valence-corrected chi connectivity index (χ4v) is 3.67. The molecular formula is C21H25N5. The molecule has 134 valence electrons. The number of piperidine rings is 1. The zero-order chi connectivity index (χ0) is 17.6. The van der Waals surface area contributed by atoms with Gasteiger partial charge in [-0.05, 0) is 37.1 Å². The molecule has 0 bridgehead atoms. The summed E-state index contributed by atoms with van der Waals surface area (Å²) in [7, 11) is 0. The van der Waals surface area contributed by atoms with Crippen molar-refractivity contribution in [3.63, 3.8) is 0 Å². The molecule has 0 radical (unpaired) electrons. The van der Waals surface area contributed by atoms with Gasteiger partial charge in [0.05, 0.1) is 11.9 Å². The Morgan fingerprint density at radius 1 is 1.12 bits per heavy atom. The lowest BCUT2D eigenvalue weighted by Crippen LogP contribution is -2.45. The number of aromatic amines is 1. The summed E-state index contributed by atoms with van der Waals surface area (Å²) in [5.41, 5.74) is 4.72. The third-order valence-corrected chi connectivity index (χ3v) is 5.00. The van der Waals surface area contributed by atoms with E-state index in [9.17, 15) is 0 Å². The molecule has 0 saturated carbocycles. The number of H-pyrrole nitrogens is 1. The Morgan fingerprint density at radius 2 is 2.04 bits per heavy atom. The van der Waals surface area contributed by atoms with Crippen molar-refractivity contribution in [3.05, 3.63) is 72.2 Å². The first kappa shape index (κ1) is 16.9. The second-order valence-corrected chi connectivity index (χ2v) is 6.95. The van der Waals surface area contributed by atoms with Gasteiger partial charge in [-0.15, -0.1) is 0 Å². The fourth-order valence-electron chi connectivity index (χ4n) is 3.67. The van der Waals surface area contributed by atoms with Crippen LogP contribution in [-0.4, -0.2) is 39.2 Å². The normalized spacial score (nSPS) is 18.1. The van der Waals surface area contributed by atoms with Crippen molar-refractivity contribution in [2.24, 2.45) is 0 Å². The molecule has 1 fully saturated rings. The molecule has 1 aliphatic rings. The maximum absolute atomic E-state index is 4.23. The van der Waals surface area contributed by atoms with Crippen molar-refractivity contribution in [3.8, 4) is 11.3 Å². The smallest absolute Gasteiger partial charge is 0.0710 e. The van der Waals surface area contributed by atoms with E-state index in [1.165, 1.54) is 30.5 Å². The Bertz CT molecular complexity index is 800. The molecule has 2 N–H and O–H groups in total. The summed E-state index contributed by atoms with van der Waals surface area (Å²) in [6.45, 7) is 4.13. The monoisotopic (exact) mass is 347 g/mol. The first-order valence-electron chi connectivity index (χ1n) is 9.31. The van der Waals surface area contributed by atoms with Gasteiger partial charge in [0.25, 0.3) is 0 Å². The fraction of sp³-hybridized carbons (Fsp3) is 0.333. The molecule has 0 aliphatic carbocycles. The van der Waals surface area contributed by atoms with Gasteiger partial charge >= 0.3 is 0 Å². The molecule has 1 saturated heterocycles. The average molecular weight is 347 g/mol. The Morgan fingerprint density at radius 3 is 2.88 bits per heavy atom. The number of aromatic nitrogens is 3. The summed E-state index contributed by atoms with van der Waals surface area (Å²) >= 11 is 0. The van der Waals surface area contributed by atoms with E-state index < -0.39 is 0 Å². The minimum atomic E-state index is 0.518. The van der Waals surface area contributed by atoms with Crippen LogP contribution < -0.4 is 5.32 Å². The molecule has 0 spiro atoms. The standard InChI is InChI=1S/C21H25N5/c1-2-6-17(7-3-1)15-26-11-5-9-20(16-26)23-13-19-14-24-25-21(19)18-8-4-10-22-12-18/h1-4,6-8,10,12,14,20,23H,5,9,11,13,15-16H2,(H,24,25). The summed E-state index contributed by atoms with van der Waals surface area (Å²) in [4.78, 5) is 6.76. The van der Waals surface area contributed by atoms with Gasteiger partial charge in [-0.3, -0.25) is 15.0 Å². The van der Waals surface area contributed by atoms with Crippen LogP contribution in [-0.2, 0) is 13.1 Å². The number of pyridine rings is 1. The first-order chi connectivity index (χ1) is 12.9. The highest BCUT2D eigenvalue weighted by atomic mass is 15.2. The molecular weight excluding hydrogens is 322 g/mol. The van der Waals surface area contributed by atoms with Crippen LogP contribution in [0.2, 0.25) is 0 Å². The Kier molecular flexibility index (Phi) is 5.38. The predicted molar refractivity (Wildman–Crippen MR) is 103 cm³/mol. The number of likely N-dealkylation sites (tertiary alicyclic amines) is 1. The molecule has 26 heavy (non-hydrogen) atoms. The van der Waals surface area contributed by atoms with Crippen LogP contribution >= 0.6 is 0 Å². The van der Waals surface area contributed by atoms with Gasteiger partial charge in [-0.25, -0.2) is 0 Å². The number of nitrogens with zero attached hydrogens (tertiary/aromatic N) is 3. The lowest BCUT2D eigenvalue weighted by atomic mass is 10.0. The quantitative estimate of drug-likeness (QED) is 0.719. The molecule has 2 aromatic heterocycles. The summed E-state index contributed by atoms with van der Waals surface area (Å²) in [6.07, 6.45) is 8.05. The van der Waals surface area contributed by atoms with Crippen molar-refractivity contribution in [1.29, 1.82) is 0 Å². The number of hydrogen-bond donors (Lipinski definition) is 2. The first-order valence-corrected chi connectivity index (χ1v) is 9.31. The molecule has 0 amide bonds. The summed E-state index contributed by atoms with van der Waals surface area (Å²) < 4.78 is 0. The minimum absolute atomic E-state index is 0.518. The van der Waals surface area contributed by atoms with E-state index in [0.717, 1.165) is 30.9 Å². The van der Waals surface area contributed by atoms with E-state index in [0.29, 0.717) is 6.04 Å². The molecule has 5 nitrogen and oxygen atoms in total. The van der Waals surface area contributed by atoms with Crippen LogP contribution in [0.25, 0.3) is 11.3 Å². The Hall–Kier alpha value is -2.50. The molecule has 3 heterocycles. The topological polar surface area (TPSA) is 56.8 Å². The Balaban J connectivity index is 1.34. The lowest BCUT2D eigenvalue weighted by molar-refractivity contribution is 0.183. The van der Waals surface area contributed by atoms with Crippen LogP contribution in [0.3, 0.4) is 0 Å². The van der Waals surface area contributed by atoms with E-state index in [2.05, 4.69) is 61.8 Å². The zero-order valence-electron chi connectivity index (χ0n) is 14.9. The minimum Gasteiger partial charge on any atom is -0.309 e. The second-order valence-electron chi connectivity index (χ2n) is 6.95.